The fourth-order valence-electron chi connectivity index (χ4n) is 3.74. The number of rotatable bonds is 5. The lowest BCUT2D eigenvalue weighted by Crippen LogP contribution is -2.47. The quantitative estimate of drug-likeness (QED) is 0.898. The molecule has 3 rings (SSSR count). The maximum Gasteiger partial charge on any atom is 0.251 e. The van der Waals surface area contributed by atoms with Gasteiger partial charge in [-0.2, -0.15) is 0 Å². The Morgan fingerprint density at radius 2 is 2.12 bits per heavy atom. The average molecular weight is 332 g/mol. The molecule has 5 nitrogen and oxygen atoms in total. The standard InChI is InChI=1S/C19H28N2O3/c1-15(24-13-16-4-3-5-17(12-16)23-2)18(22)21-10-7-19(8-11-21)6-9-20-14-19/h3-5,12,15,20H,6-11,13-14H2,1-2H3. The van der Waals surface area contributed by atoms with Gasteiger partial charge in [-0.15, -0.1) is 0 Å². The smallest absolute Gasteiger partial charge is 0.251 e. The van der Waals surface area contributed by atoms with Gasteiger partial charge < -0.3 is 19.7 Å². The van der Waals surface area contributed by atoms with Crippen LogP contribution in [0.5, 0.6) is 5.75 Å². The summed E-state index contributed by atoms with van der Waals surface area (Å²) in [5, 5.41) is 3.46. The Labute approximate surface area is 144 Å². The number of methoxy groups -OCH3 is 1. The summed E-state index contributed by atoms with van der Waals surface area (Å²) in [7, 11) is 1.65. The molecule has 1 spiro atoms. The summed E-state index contributed by atoms with van der Waals surface area (Å²) >= 11 is 0. The predicted octanol–water partition coefficient (Wildman–Crippen LogP) is 2.20. The minimum absolute atomic E-state index is 0.110. The molecule has 1 N–H and O–H groups in total. The van der Waals surface area contributed by atoms with E-state index >= 15 is 0 Å². The molecule has 0 aliphatic carbocycles. The van der Waals surface area contributed by atoms with Crippen LogP contribution < -0.4 is 10.1 Å². The van der Waals surface area contributed by atoms with Crippen molar-refractivity contribution in [3.05, 3.63) is 29.8 Å². The van der Waals surface area contributed by atoms with Crippen molar-refractivity contribution >= 4 is 5.91 Å². The molecule has 2 heterocycles. The molecule has 2 fully saturated rings. The normalized spacial score (nSPS) is 21.0. The van der Waals surface area contributed by atoms with Crippen molar-refractivity contribution in [2.24, 2.45) is 5.41 Å². The zero-order chi connectivity index (χ0) is 17.0. The number of ether oxygens (including phenoxy) is 2. The Bertz CT molecular complexity index is 559. The molecule has 1 aromatic carbocycles. The first-order valence-electron chi connectivity index (χ1n) is 8.86. The van der Waals surface area contributed by atoms with Crippen molar-refractivity contribution in [3.8, 4) is 5.75 Å². The minimum Gasteiger partial charge on any atom is -0.497 e. The molecule has 1 aromatic rings. The van der Waals surface area contributed by atoms with Crippen molar-refractivity contribution in [1.82, 2.24) is 10.2 Å². The number of nitrogens with one attached hydrogen (secondary N) is 1. The van der Waals surface area contributed by atoms with E-state index in [-0.39, 0.29) is 5.91 Å². The van der Waals surface area contributed by atoms with E-state index in [0.717, 1.165) is 50.3 Å². The van der Waals surface area contributed by atoms with Gasteiger partial charge in [-0.3, -0.25) is 4.79 Å². The first kappa shape index (κ1) is 17.2. The first-order valence-corrected chi connectivity index (χ1v) is 8.86. The minimum atomic E-state index is -0.410. The Morgan fingerprint density at radius 1 is 1.33 bits per heavy atom. The molecular formula is C19H28N2O3. The molecule has 0 radical (unpaired) electrons. The van der Waals surface area contributed by atoms with Crippen molar-refractivity contribution in [1.29, 1.82) is 0 Å². The molecule has 132 valence electrons. The lowest BCUT2D eigenvalue weighted by molar-refractivity contribution is -0.145. The van der Waals surface area contributed by atoms with Gasteiger partial charge in [0.1, 0.15) is 11.9 Å². The number of hydrogen-bond acceptors (Lipinski definition) is 4. The van der Waals surface area contributed by atoms with Gasteiger partial charge in [-0.1, -0.05) is 12.1 Å². The third-order valence-corrected chi connectivity index (χ3v) is 5.45. The SMILES string of the molecule is COc1cccc(COC(C)C(=O)N2CCC3(CCNC3)CC2)c1. The van der Waals surface area contributed by atoms with Crippen LogP contribution in [0.2, 0.25) is 0 Å². The van der Waals surface area contributed by atoms with E-state index in [1.165, 1.54) is 6.42 Å². The highest BCUT2D eigenvalue weighted by Crippen LogP contribution is 2.37. The molecule has 1 atom stereocenters. The molecule has 2 aliphatic heterocycles. The summed E-state index contributed by atoms with van der Waals surface area (Å²) in [6.45, 7) is 6.21. The molecule has 0 bridgehead atoms. The average Bonchev–Trinajstić information content (AvgIpc) is 3.08. The van der Waals surface area contributed by atoms with Gasteiger partial charge in [0, 0.05) is 19.6 Å². The van der Waals surface area contributed by atoms with Gasteiger partial charge in [0.25, 0.3) is 5.91 Å². The van der Waals surface area contributed by atoms with Gasteiger partial charge >= 0.3 is 0 Å². The van der Waals surface area contributed by atoms with Crippen LogP contribution in [0, 0.1) is 5.41 Å². The number of nitrogens with zero attached hydrogens (tertiary/aromatic N) is 1. The molecule has 0 aromatic heterocycles. The first-order chi connectivity index (χ1) is 11.6. The second-order valence-corrected chi connectivity index (χ2v) is 7.06. The van der Waals surface area contributed by atoms with Crippen molar-refractivity contribution in [3.63, 3.8) is 0 Å². The van der Waals surface area contributed by atoms with Gasteiger partial charge in [0.05, 0.1) is 13.7 Å². The number of carbonyl (C=O) groups is 1. The topological polar surface area (TPSA) is 50.8 Å². The van der Waals surface area contributed by atoms with Crippen LogP contribution >= 0.6 is 0 Å². The second kappa shape index (κ2) is 7.53. The van der Waals surface area contributed by atoms with Crippen molar-refractivity contribution < 1.29 is 14.3 Å². The molecule has 0 saturated carbocycles. The Kier molecular flexibility index (Phi) is 5.41. The van der Waals surface area contributed by atoms with Crippen LogP contribution in [0.25, 0.3) is 0 Å². The summed E-state index contributed by atoms with van der Waals surface area (Å²) in [5.74, 6) is 0.917. The van der Waals surface area contributed by atoms with Crippen LogP contribution in [-0.2, 0) is 16.1 Å². The van der Waals surface area contributed by atoms with Crippen LogP contribution in [0.15, 0.2) is 24.3 Å². The van der Waals surface area contributed by atoms with Crippen LogP contribution in [0.1, 0.15) is 31.7 Å². The third-order valence-electron chi connectivity index (χ3n) is 5.45. The molecule has 2 aliphatic rings. The Balaban J connectivity index is 1.48. The number of amides is 1. The summed E-state index contributed by atoms with van der Waals surface area (Å²) in [5.41, 5.74) is 1.45. The fourth-order valence-corrected chi connectivity index (χ4v) is 3.74. The van der Waals surface area contributed by atoms with Gasteiger partial charge in [-0.25, -0.2) is 0 Å². The monoisotopic (exact) mass is 332 g/mol. The summed E-state index contributed by atoms with van der Waals surface area (Å²) in [4.78, 5) is 14.6. The molecular weight excluding hydrogens is 304 g/mol. The van der Waals surface area contributed by atoms with E-state index in [9.17, 15) is 4.79 Å². The second-order valence-electron chi connectivity index (χ2n) is 7.06. The van der Waals surface area contributed by atoms with Gasteiger partial charge in [0.15, 0.2) is 0 Å². The van der Waals surface area contributed by atoms with E-state index in [0.29, 0.717) is 12.0 Å². The van der Waals surface area contributed by atoms with E-state index in [4.69, 9.17) is 9.47 Å². The maximum atomic E-state index is 12.6. The van der Waals surface area contributed by atoms with Crippen molar-refractivity contribution in [2.45, 2.75) is 38.9 Å². The van der Waals surface area contributed by atoms with E-state index in [1.807, 2.05) is 36.1 Å². The number of hydrogen-bond donors (Lipinski definition) is 1. The third kappa shape index (κ3) is 3.90. The summed E-state index contributed by atoms with van der Waals surface area (Å²) in [6, 6.07) is 7.76. The van der Waals surface area contributed by atoms with E-state index < -0.39 is 6.10 Å². The van der Waals surface area contributed by atoms with E-state index in [1.54, 1.807) is 7.11 Å². The summed E-state index contributed by atoms with van der Waals surface area (Å²) < 4.78 is 11.0. The maximum absolute atomic E-state index is 12.6. The zero-order valence-electron chi connectivity index (χ0n) is 14.7. The highest BCUT2D eigenvalue weighted by molar-refractivity contribution is 5.80. The predicted molar refractivity (Wildman–Crippen MR) is 93.0 cm³/mol. The number of piperidine rings is 1. The van der Waals surface area contributed by atoms with Gasteiger partial charge in [-0.05, 0) is 55.8 Å². The number of likely N-dealkylation sites (tertiary alicyclic amines) is 1. The molecule has 24 heavy (non-hydrogen) atoms. The number of benzene rings is 1. The van der Waals surface area contributed by atoms with Crippen LogP contribution in [0.4, 0.5) is 0 Å². The molecule has 5 heteroatoms. The van der Waals surface area contributed by atoms with Crippen LogP contribution in [-0.4, -0.2) is 50.2 Å². The molecule has 1 unspecified atom stereocenters. The van der Waals surface area contributed by atoms with Crippen molar-refractivity contribution in [2.75, 3.05) is 33.3 Å². The lowest BCUT2D eigenvalue weighted by Gasteiger charge is -2.39. The lowest BCUT2D eigenvalue weighted by atomic mass is 9.78. The largest absolute Gasteiger partial charge is 0.497 e. The van der Waals surface area contributed by atoms with Crippen LogP contribution in [0.3, 0.4) is 0 Å². The number of carbonyl (C=O) groups excluding carboxylic acids is 1. The molecule has 1 amide bonds. The van der Waals surface area contributed by atoms with Gasteiger partial charge in [0.2, 0.25) is 0 Å². The molecule has 2 saturated heterocycles. The highest BCUT2D eigenvalue weighted by Gasteiger charge is 2.38. The highest BCUT2D eigenvalue weighted by atomic mass is 16.5. The Hall–Kier alpha value is -1.59. The fraction of sp³-hybridized carbons (Fsp3) is 0.632. The Morgan fingerprint density at radius 3 is 2.79 bits per heavy atom. The van der Waals surface area contributed by atoms with E-state index in [2.05, 4.69) is 5.32 Å². The zero-order valence-corrected chi connectivity index (χ0v) is 14.7. The summed E-state index contributed by atoms with van der Waals surface area (Å²) in [6.07, 6.45) is 3.05.